The second-order valence-electron chi connectivity index (χ2n) is 9.53. The lowest BCUT2D eigenvalue weighted by Crippen LogP contribution is -2.47. The van der Waals surface area contributed by atoms with E-state index in [1.54, 1.807) is 23.9 Å². The number of methoxy groups -OCH3 is 1. The summed E-state index contributed by atoms with van der Waals surface area (Å²) in [5, 5.41) is 5.21. The van der Waals surface area contributed by atoms with Crippen LogP contribution in [0.25, 0.3) is 22.4 Å². The number of likely N-dealkylation sites (N-methyl/N-ethyl adjacent to an activating group) is 1. The summed E-state index contributed by atoms with van der Waals surface area (Å²) in [5.74, 6) is 0.924. The van der Waals surface area contributed by atoms with Crippen molar-refractivity contribution in [3.05, 3.63) is 34.2 Å². The van der Waals surface area contributed by atoms with E-state index in [9.17, 15) is 13.2 Å². The Morgan fingerprint density at radius 2 is 1.75 bits per heavy atom. The van der Waals surface area contributed by atoms with Gasteiger partial charge in [0, 0.05) is 45.2 Å². The Labute approximate surface area is 217 Å². The van der Waals surface area contributed by atoms with Crippen LogP contribution in [-0.2, 0) is 17.1 Å². The molecule has 3 heterocycles. The van der Waals surface area contributed by atoms with E-state index >= 15 is 0 Å². The van der Waals surface area contributed by atoms with Crippen molar-refractivity contribution >= 4 is 33.5 Å². The molecule has 0 radical (unpaired) electrons. The Bertz CT molecular complexity index is 1410. The number of aromatic amines is 1. The highest BCUT2D eigenvalue weighted by atomic mass is 35.5. The number of rotatable bonds is 5. The molecule has 2 aromatic heterocycles. The maximum atomic E-state index is 13.2. The molecule has 0 unspecified atom stereocenters. The third kappa shape index (κ3) is 4.77. The first-order valence-electron chi connectivity index (χ1n) is 12.1. The number of piperazine rings is 1. The van der Waals surface area contributed by atoms with Crippen LogP contribution in [0, 0.1) is 0 Å². The zero-order chi connectivity index (χ0) is 24.7. The van der Waals surface area contributed by atoms with Gasteiger partial charge in [0.15, 0.2) is 5.65 Å². The summed E-state index contributed by atoms with van der Waals surface area (Å²) in [5.41, 5.74) is 1.61. The van der Waals surface area contributed by atoms with Gasteiger partial charge in [0.05, 0.1) is 23.3 Å². The number of hydrogen-bond donors (Lipinski definition) is 1. The number of nitrogens with zero attached hydrogens (tertiary/aromatic N) is 5. The molecule has 1 aliphatic heterocycles. The van der Waals surface area contributed by atoms with Crippen molar-refractivity contribution in [2.75, 3.05) is 40.3 Å². The molecule has 36 heavy (non-hydrogen) atoms. The van der Waals surface area contributed by atoms with Gasteiger partial charge in [0.25, 0.3) is 5.56 Å². The maximum absolute atomic E-state index is 13.2. The number of hydrogen-bond acceptors (Lipinski definition) is 7. The fourth-order valence-electron chi connectivity index (χ4n) is 5.18. The van der Waals surface area contributed by atoms with Crippen LogP contribution in [0.5, 0.6) is 5.75 Å². The average Bonchev–Trinajstić information content (AvgIpc) is 3.21. The molecule has 2 fully saturated rings. The average molecular weight is 537 g/mol. The van der Waals surface area contributed by atoms with E-state index in [0.29, 0.717) is 54.3 Å². The minimum Gasteiger partial charge on any atom is -0.496 e. The van der Waals surface area contributed by atoms with Crippen LogP contribution in [0.2, 0.25) is 0 Å². The van der Waals surface area contributed by atoms with Crippen LogP contribution < -0.4 is 10.3 Å². The summed E-state index contributed by atoms with van der Waals surface area (Å²) in [4.78, 5) is 23.1. The number of fused-ring (bicyclic) bond motifs is 1. The van der Waals surface area contributed by atoms with Crippen molar-refractivity contribution in [3.8, 4) is 17.1 Å². The molecule has 3 aromatic rings. The number of H-pyrrole nitrogens is 1. The highest BCUT2D eigenvalue weighted by Crippen LogP contribution is 2.35. The molecule has 1 saturated heterocycles. The van der Waals surface area contributed by atoms with E-state index < -0.39 is 10.0 Å². The van der Waals surface area contributed by atoms with Crippen LogP contribution in [0.4, 0.5) is 0 Å². The number of sulfonamides is 1. The van der Waals surface area contributed by atoms with Crippen LogP contribution in [-0.4, -0.2) is 77.7 Å². The monoisotopic (exact) mass is 536 g/mol. The topological polar surface area (TPSA) is 113 Å². The summed E-state index contributed by atoms with van der Waals surface area (Å²) >= 11 is 0. The molecule has 0 bridgehead atoms. The van der Waals surface area contributed by atoms with Crippen molar-refractivity contribution in [1.29, 1.82) is 0 Å². The first-order valence-corrected chi connectivity index (χ1v) is 13.6. The minimum atomic E-state index is -3.66. The lowest BCUT2D eigenvalue weighted by atomic mass is 9.86. The SMILES string of the molecule is COc1cc(S(=O)(=O)N2CCN(C)CC2)ccc1-c1nc2c(c(C3CCCCC3)nn2C)c(=O)[nH]1.Cl. The van der Waals surface area contributed by atoms with Crippen LogP contribution >= 0.6 is 12.4 Å². The Balaban J connectivity index is 0.00000304. The van der Waals surface area contributed by atoms with Crippen LogP contribution in [0.15, 0.2) is 27.9 Å². The van der Waals surface area contributed by atoms with Gasteiger partial charge >= 0.3 is 0 Å². The standard InChI is InChI=1S/C24H32N6O4S.ClH/c1-28-11-13-30(14-12-28)35(32,33)17-9-10-18(19(15-17)34-3)22-25-23-20(24(31)26-22)21(27-29(23)2)16-7-5-4-6-8-16;/h9-10,15-16H,4-8,11-14H2,1-3H3,(H,25,26,31);1H. The quantitative estimate of drug-likeness (QED) is 0.533. The van der Waals surface area contributed by atoms with E-state index in [1.807, 2.05) is 7.05 Å². The molecule has 1 aliphatic carbocycles. The Morgan fingerprint density at radius 1 is 1.06 bits per heavy atom. The molecular weight excluding hydrogens is 504 g/mol. The number of halogens is 1. The molecule has 1 N–H and O–H groups in total. The fraction of sp³-hybridized carbons (Fsp3) is 0.542. The second-order valence-corrected chi connectivity index (χ2v) is 11.5. The van der Waals surface area contributed by atoms with E-state index in [2.05, 4.69) is 15.0 Å². The van der Waals surface area contributed by atoms with Crippen LogP contribution in [0.3, 0.4) is 0 Å². The van der Waals surface area contributed by atoms with Gasteiger partial charge in [-0.2, -0.15) is 9.40 Å². The number of aryl methyl sites for hydroxylation is 1. The highest BCUT2D eigenvalue weighted by Gasteiger charge is 2.29. The van der Waals surface area contributed by atoms with Gasteiger partial charge in [-0.3, -0.25) is 4.79 Å². The highest BCUT2D eigenvalue weighted by molar-refractivity contribution is 7.89. The van der Waals surface area contributed by atoms with Crippen molar-refractivity contribution in [2.45, 2.75) is 42.9 Å². The summed E-state index contributed by atoms with van der Waals surface area (Å²) in [6.07, 6.45) is 5.58. The third-order valence-electron chi connectivity index (χ3n) is 7.24. The van der Waals surface area contributed by atoms with Crippen molar-refractivity contribution in [3.63, 3.8) is 0 Å². The summed E-state index contributed by atoms with van der Waals surface area (Å²) in [6.45, 7) is 2.26. The molecule has 0 atom stereocenters. The van der Waals surface area contributed by atoms with Gasteiger partial charge in [-0.15, -0.1) is 12.4 Å². The maximum Gasteiger partial charge on any atom is 0.262 e. The molecule has 5 rings (SSSR count). The third-order valence-corrected chi connectivity index (χ3v) is 9.14. The lowest BCUT2D eigenvalue weighted by Gasteiger charge is -2.31. The molecular formula is C24H33ClN6O4S. The van der Waals surface area contributed by atoms with E-state index in [-0.39, 0.29) is 28.8 Å². The molecule has 196 valence electrons. The van der Waals surface area contributed by atoms with Gasteiger partial charge in [-0.25, -0.2) is 18.1 Å². The molecule has 12 heteroatoms. The minimum absolute atomic E-state index is 0. The largest absolute Gasteiger partial charge is 0.496 e. The van der Waals surface area contributed by atoms with Gasteiger partial charge in [0.2, 0.25) is 10.0 Å². The first-order chi connectivity index (χ1) is 16.8. The van der Waals surface area contributed by atoms with Crippen molar-refractivity contribution in [1.82, 2.24) is 29.0 Å². The first kappa shape index (κ1) is 26.6. The molecule has 1 aromatic carbocycles. The second kappa shape index (κ2) is 10.5. The Morgan fingerprint density at radius 3 is 2.42 bits per heavy atom. The van der Waals surface area contributed by atoms with Gasteiger partial charge < -0.3 is 14.6 Å². The molecule has 10 nitrogen and oxygen atoms in total. The number of aromatic nitrogens is 4. The van der Waals surface area contributed by atoms with Gasteiger partial charge in [-0.05, 0) is 32.0 Å². The Kier molecular flexibility index (Phi) is 7.75. The predicted molar refractivity (Wildman–Crippen MR) is 140 cm³/mol. The summed E-state index contributed by atoms with van der Waals surface area (Å²) < 4.78 is 35.1. The van der Waals surface area contributed by atoms with Crippen LogP contribution in [0.1, 0.15) is 43.7 Å². The van der Waals surface area contributed by atoms with Crippen molar-refractivity contribution in [2.24, 2.45) is 7.05 Å². The summed E-state index contributed by atoms with van der Waals surface area (Å²) in [7, 11) is 1.60. The lowest BCUT2D eigenvalue weighted by molar-refractivity contribution is 0.222. The van der Waals surface area contributed by atoms with Gasteiger partial charge in [-0.1, -0.05) is 19.3 Å². The predicted octanol–water partition coefficient (Wildman–Crippen LogP) is 2.74. The van der Waals surface area contributed by atoms with E-state index in [1.165, 1.54) is 23.9 Å². The zero-order valence-corrected chi connectivity index (χ0v) is 22.5. The normalized spacial score (nSPS) is 18.3. The number of benzene rings is 1. The molecule has 1 saturated carbocycles. The zero-order valence-electron chi connectivity index (χ0n) is 20.9. The summed E-state index contributed by atoms with van der Waals surface area (Å²) in [6, 6.07) is 4.70. The number of ether oxygens (including phenoxy) is 1. The molecule has 0 spiro atoms. The smallest absolute Gasteiger partial charge is 0.262 e. The molecule has 2 aliphatic rings. The Hall–Kier alpha value is -2.47. The van der Waals surface area contributed by atoms with E-state index in [0.717, 1.165) is 31.4 Å². The number of nitrogens with one attached hydrogen (secondary N) is 1. The van der Waals surface area contributed by atoms with Gasteiger partial charge in [0.1, 0.15) is 17.0 Å². The fourth-order valence-corrected chi connectivity index (χ4v) is 6.62. The van der Waals surface area contributed by atoms with E-state index in [4.69, 9.17) is 9.72 Å². The molecule has 0 amide bonds. The van der Waals surface area contributed by atoms with Crippen molar-refractivity contribution < 1.29 is 13.2 Å².